The molecule has 0 amide bonds. The van der Waals surface area contributed by atoms with Gasteiger partial charge in [-0.25, -0.2) is 0 Å². The SMILES string of the molecule is CN=C(NCCC(C)c1cccc(C(F)(F)F)c1)NC1CCN(CC2CCOC2)CC1. The molecule has 2 aliphatic heterocycles. The summed E-state index contributed by atoms with van der Waals surface area (Å²) in [6, 6.07) is 6.01. The zero-order valence-corrected chi connectivity index (χ0v) is 18.5. The van der Waals surface area contributed by atoms with Gasteiger partial charge >= 0.3 is 6.18 Å². The van der Waals surface area contributed by atoms with Crippen molar-refractivity contribution < 1.29 is 17.9 Å². The summed E-state index contributed by atoms with van der Waals surface area (Å²) in [7, 11) is 1.75. The van der Waals surface area contributed by atoms with Crippen LogP contribution >= 0.6 is 0 Å². The van der Waals surface area contributed by atoms with E-state index in [1.807, 2.05) is 6.92 Å². The molecule has 2 aliphatic rings. The Labute approximate surface area is 183 Å². The molecule has 2 heterocycles. The Bertz CT molecular complexity index is 711. The minimum Gasteiger partial charge on any atom is -0.381 e. The van der Waals surface area contributed by atoms with E-state index in [0.717, 1.165) is 64.1 Å². The van der Waals surface area contributed by atoms with E-state index >= 15 is 0 Å². The van der Waals surface area contributed by atoms with Gasteiger partial charge in [-0.15, -0.1) is 0 Å². The van der Waals surface area contributed by atoms with Crippen LogP contribution in [-0.2, 0) is 10.9 Å². The van der Waals surface area contributed by atoms with E-state index in [1.54, 1.807) is 13.1 Å². The number of hydrogen-bond donors (Lipinski definition) is 2. The summed E-state index contributed by atoms with van der Waals surface area (Å²) in [5.41, 5.74) is 0.119. The van der Waals surface area contributed by atoms with Crippen molar-refractivity contribution in [2.24, 2.45) is 10.9 Å². The lowest BCUT2D eigenvalue weighted by Crippen LogP contribution is -2.49. The molecule has 8 heteroatoms. The van der Waals surface area contributed by atoms with Crippen LogP contribution in [0.25, 0.3) is 0 Å². The Morgan fingerprint density at radius 3 is 2.68 bits per heavy atom. The van der Waals surface area contributed by atoms with Crippen molar-refractivity contribution in [1.29, 1.82) is 0 Å². The Morgan fingerprint density at radius 1 is 1.26 bits per heavy atom. The molecule has 31 heavy (non-hydrogen) atoms. The van der Waals surface area contributed by atoms with Gasteiger partial charge in [0.15, 0.2) is 5.96 Å². The van der Waals surface area contributed by atoms with Crippen LogP contribution < -0.4 is 10.6 Å². The van der Waals surface area contributed by atoms with Gasteiger partial charge in [0.05, 0.1) is 12.2 Å². The van der Waals surface area contributed by atoms with Crippen LogP contribution in [0.2, 0.25) is 0 Å². The summed E-state index contributed by atoms with van der Waals surface area (Å²) >= 11 is 0. The first-order valence-corrected chi connectivity index (χ1v) is 11.3. The first-order chi connectivity index (χ1) is 14.8. The van der Waals surface area contributed by atoms with Gasteiger partial charge in [0, 0.05) is 45.9 Å². The highest BCUT2D eigenvalue weighted by atomic mass is 19.4. The molecule has 0 bridgehead atoms. The Balaban J connectivity index is 1.38. The fraction of sp³-hybridized carbons (Fsp3) is 0.696. The molecule has 0 aromatic heterocycles. The van der Waals surface area contributed by atoms with Crippen LogP contribution in [0.3, 0.4) is 0 Å². The van der Waals surface area contributed by atoms with Crippen LogP contribution in [-0.4, -0.2) is 63.3 Å². The number of benzene rings is 1. The van der Waals surface area contributed by atoms with Crippen molar-refractivity contribution in [3.05, 3.63) is 35.4 Å². The molecule has 1 aromatic rings. The average molecular weight is 441 g/mol. The fourth-order valence-corrected chi connectivity index (χ4v) is 4.34. The molecule has 1 aromatic carbocycles. The van der Waals surface area contributed by atoms with E-state index in [9.17, 15) is 13.2 Å². The lowest BCUT2D eigenvalue weighted by molar-refractivity contribution is -0.137. The first-order valence-electron chi connectivity index (χ1n) is 11.3. The molecule has 0 aliphatic carbocycles. The summed E-state index contributed by atoms with van der Waals surface area (Å²) in [6.45, 7) is 7.70. The fourth-order valence-electron chi connectivity index (χ4n) is 4.34. The lowest BCUT2D eigenvalue weighted by Gasteiger charge is -2.34. The number of rotatable bonds is 7. The molecule has 2 saturated heterocycles. The number of hydrogen-bond acceptors (Lipinski definition) is 3. The number of aliphatic imine (C=N–C) groups is 1. The Hall–Kier alpha value is -1.80. The number of halogens is 3. The van der Waals surface area contributed by atoms with E-state index < -0.39 is 11.7 Å². The lowest BCUT2D eigenvalue weighted by atomic mass is 9.96. The molecular weight excluding hydrogens is 405 g/mol. The average Bonchev–Trinajstić information content (AvgIpc) is 3.26. The van der Waals surface area contributed by atoms with Crippen molar-refractivity contribution in [2.75, 3.05) is 46.4 Å². The minimum atomic E-state index is -4.31. The molecule has 0 spiro atoms. The number of piperidine rings is 1. The maximum absolute atomic E-state index is 12.9. The van der Waals surface area contributed by atoms with E-state index in [2.05, 4.69) is 20.5 Å². The number of guanidine groups is 1. The summed E-state index contributed by atoms with van der Waals surface area (Å²) in [6.07, 6.45) is -0.248. The third-order valence-electron chi connectivity index (χ3n) is 6.35. The van der Waals surface area contributed by atoms with Crippen molar-refractivity contribution in [2.45, 2.75) is 50.7 Å². The molecular formula is C23H35F3N4O. The van der Waals surface area contributed by atoms with Gasteiger partial charge in [-0.05, 0) is 49.1 Å². The van der Waals surface area contributed by atoms with Crippen molar-refractivity contribution in [3.8, 4) is 0 Å². The number of alkyl halides is 3. The van der Waals surface area contributed by atoms with Gasteiger partial charge in [-0.3, -0.25) is 4.99 Å². The molecule has 174 valence electrons. The largest absolute Gasteiger partial charge is 0.416 e. The van der Waals surface area contributed by atoms with Crippen LogP contribution in [0.5, 0.6) is 0 Å². The molecule has 5 nitrogen and oxygen atoms in total. The highest BCUT2D eigenvalue weighted by Crippen LogP contribution is 2.31. The van der Waals surface area contributed by atoms with Crippen LogP contribution in [0.15, 0.2) is 29.3 Å². The number of ether oxygens (including phenoxy) is 1. The summed E-state index contributed by atoms with van der Waals surface area (Å²) in [5, 5.41) is 6.82. The monoisotopic (exact) mass is 440 g/mol. The van der Waals surface area contributed by atoms with Gasteiger partial charge in [0.1, 0.15) is 0 Å². The zero-order valence-electron chi connectivity index (χ0n) is 18.5. The third kappa shape index (κ3) is 7.38. The van der Waals surface area contributed by atoms with Gasteiger partial charge in [0.2, 0.25) is 0 Å². The van der Waals surface area contributed by atoms with E-state index in [0.29, 0.717) is 24.1 Å². The molecule has 3 rings (SSSR count). The Kier molecular flexibility index (Phi) is 8.60. The normalized spacial score (nSPS) is 22.5. The second kappa shape index (κ2) is 11.2. The smallest absolute Gasteiger partial charge is 0.381 e. The molecule has 2 unspecified atom stereocenters. The quantitative estimate of drug-likeness (QED) is 0.499. The van der Waals surface area contributed by atoms with E-state index in [1.165, 1.54) is 18.6 Å². The van der Waals surface area contributed by atoms with E-state index in [-0.39, 0.29) is 5.92 Å². The van der Waals surface area contributed by atoms with Crippen molar-refractivity contribution in [3.63, 3.8) is 0 Å². The van der Waals surface area contributed by atoms with Gasteiger partial charge in [-0.1, -0.05) is 25.1 Å². The topological polar surface area (TPSA) is 48.9 Å². The second-order valence-corrected chi connectivity index (χ2v) is 8.76. The first kappa shape index (κ1) is 23.9. The van der Waals surface area contributed by atoms with Crippen LogP contribution in [0.1, 0.15) is 49.7 Å². The second-order valence-electron chi connectivity index (χ2n) is 8.76. The van der Waals surface area contributed by atoms with Crippen LogP contribution in [0.4, 0.5) is 13.2 Å². The maximum Gasteiger partial charge on any atom is 0.416 e. The molecule has 0 radical (unpaired) electrons. The molecule has 2 atom stereocenters. The number of nitrogens with zero attached hydrogens (tertiary/aromatic N) is 2. The minimum absolute atomic E-state index is 0.0238. The zero-order chi connectivity index (χ0) is 22.3. The van der Waals surface area contributed by atoms with Crippen molar-refractivity contribution >= 4 is 5.96 Å². The molecule has 2 fully saturated rings. The summed E-state index contributed by atoms with van der Waals surface area (Å²) in [4.78, 5) is 6.85. The number of likely N-dealkylation sites (tertiary alicyclic amines) is 1. The predicted molar refractivity (Wildman–Crippen MR) is 117 cm³/mol. The Morgan fingerprint density at radius 2 is 2.03 bits per heavy atom. The highest BCUT2D eigenvalue weighted by Gasteiger charge is 2.30. The highest BCUT2D eigenvalue weighted by molar-refractivity contribution is 5.79. The van der Waals surface area contributed by atoms with Gasteiger partial charge < -0.3 is 20.3 Å². The number of nitrogens with one attached hydrogen (secondary N) is 2. The molecule has 2 N–H and O–H groups in total. The standard InChI is InChI=1S/C23H35F3N4O/c1-17(19-4-3-5-20(14-19)23(24,25)26)6-10-28-22(27-2)29-21-7-11-30(12-8-21)15-18-9-13-31-16-18/h3-5,14,17-18,21H,6-13,15-16H2,1-2H3,(H2,27,28,29). The third-order valence-corrected chi connectivity index (χ3v) is 6.35. The maximum atomic E-state index is 12.9. The van der Waals surface area contributed by atoms with E-state index in [4.69, 9.17) is 4.74 Å². The molecule has 0 saturated carbocycles. The summed E-state index contributed by atoms with van der Waals surface area (Å²) < 4.78 is 44.3. The van der Waals surface area contributed by atoms with Crippen LogP contribution in [0, 0.1) is 5.92 Å². The van der Waals surface area contributed by atoms with Gasteiger partial charge in [0.25, 0.3) is 0 Å². The van der Waals surface area contributed by atoms with Gasteiger partial charge in [-0.2, -0.15) is 13.2 Å². The van der Waals surface area contributed by atoms with Crippen molar-refractivity contribution in [1.82, 2.24) is 15.5 Å². The summed E-state index contributed by atoms with van der Waals surface area (Å²) in [5.74, 6) is 1.47. The predicted octanol–water partition coefficient (Wildman–Crippen LogP) is 3.86.